The van der Waals surface area contributed by atoms with Gasteiger partial charge in [0.15, 0.2) is 5.82 Å². The highest BCUT2D eigenvalue weighted by molar-refractivity contribution is 7.71. The number of rotatable bonds is 6. The molecule has 0 amide bonds. The van der Waals surface area contributed by atoms with Crippen molar-refractivity contribution in [2.75, 3.05) is 6.61 Å². The Morgan fingerprint density at radius 3 is 2.64 bits per heavy atom. The van der Waals surface area contributed by atoms with E-state index in [4.69, 9.17) is 17.0 Å². The van der Waals surface area contributed by atoms with Crippen molar-refractivity contribution in [1.29, 1.82) is 0 Å². The standard InChI is InChI=1S/C19H18N4OS/c1-2-24-17-12-10-16(11-13-17)18-21-22-19(25)23(18)20-14-6-9-15-7-4-3-5-8-15/h3-14H,2H2,1H3,(H,22,25)/b9-6+,20-14-. The number of nitrogens with one attached hydrogen (secondary N) is 1. The number of benzene rings is 2. The van der Waals surface area contributed by atoms with Gasteiger partial charge in [-0.15, -0.1) is 0 Å². The van der Waals surface area contributed by atoms with Crippen LogP contribution < -0.4 is 4.74 Å². The molecule has 3 rings (SSSR count). The first kappa shape index (κ1) is 16.9. The first-order valence-electron chi connectivity index (χ1n) is 7.94. The van der Waals surface area contributed by atoms with Crippen molar-refractivity contribution >= 4 is 24.5 Å². The third kappa shape index (κ3) is 4.30. The van der Waals surface area contributed by atoms with E-state index < -0.39 is 0 Å². The van der Waals surface area contributed by atoms with Crippen LogP contribution in [0.1, 0.15) is 12.5 Å². The molecule has 0 radical (unpaired) electrons. The van der Waals surface area contributed by atoms with E-state index >= 15 is 0 Å². The lowest BCUT2D eigenvalue weighted by Gasteiger charge is -2.04. The van der Waals surface area contributed by atoms with Gasteiger partial charge < -0.3 is 4.74 Å². The number of allylic oxidation sites excluding steroid dienone is 1. The molecule has 0 bridgehead atoms. The number of nitrogens with zero attached hydrogens (tertiary/aromatic N) is 3. The fourth-order valence-electron chi connectivity index (χ4n) is 2.28. The van der Waals surface area contributed by atoms with Gasteiger partial charge in [-0.1, -0.05) is 36.4 Å². The van der Waals surface area contributed by atoms with E-state index in [1.165, 1.54) is 0 Å². The van der Waals surface area contributed by atoms with Crippen LogP contribution in [0.15, 0.2) is 65.8 Å². The molecule has 25 heavy (non-hydrogen) atoms. The minimum Gasteiger partial charge on any atom is -0.494 e. The first-order chi connectivity index (χ1) is 12.3. The van der Waals surface area contributed by atoms with Gasteiger partial charge >= 0.3 is 0 Å². The molecule has 0 saturated heterocycles. The van der Waals surface area contributed by atoms with Crippen molar-refractivity contribution in [3.05, 3.63) is 71.0 Å². The predicted molar refractivity (Wildman–Crippen MR) is 103 cm³/mol. The summed E-state index contributed by atoms with van der Waals surface area (Å²) in [5, 5.41) is 11.4. The SMILES string of the molecule is CCOc1ccc(-c2n[nH]c(=S)n2/N=C\C=C\c2ccccc2)cc1. The second-order valence-electron chi connectivity index (χ2n) is 5.16. The van der Waals surface area contributed by atoms with E-state index in [-0.39, 0.29) is 0 Å². The molecule has 0 spiro atoms. The highest BCUT2D eigenvalue weighted by Gasteiger charge is 2.07. The monoisotopic (exact) mass is 350 g/mol. The highest BCUT2D eigenvalue weighted by Crippen LogP contribution is 2.21. The van der Waals surface area contributed by atoms with Gasteiger partial charge in [-0.3, -0.25) is 0 Å². The molecule has 1 heterocycles. The van der Waals surface area contributed by atoms with Crippen LogP contribution >= 0.6 is 12.2 Å². The second-order valence-corrected chi connectivity index (χ2v) is 5.54. The smallest absolute Gasteiger partial charge is 0.216 e. The number of aromatic nitrogens is 3. The number of hydrogen-bond donors (Lipinski definition) is 1. The lowest BCUT2D eigenvalue weighted by atomic mass is 10.2. The largest absolute Gasteiger partial charge is 0.494 e. The van der Waals surface area contributed by atoms with Gasteiger partial charge in [-0.2, -0.15) is 14.9 Å². The predicted octanol–water partition coefficient (Wildman–Crippen LogP) is 4.55. The molecule has 0 saturated carbocycles. The van der Waals surface area contributed by atoms with Crippen LogP contribution in [0, 0.1) is 4.77 Å². The van der Waals surface area contributed by atoms with Crippen molar-refractivity contribution < 1.29 is 4.74 Å². The fourth-order valence-corrected chi connectivity index (χ4v) is 2.46. The number of hydrogen-bond acceptors (Lipinski definition) is 4. The van der Waals surface area contributed by atoms with Gasteiger partial charge in [0, 0.05) is 11.8 Å². The first-order valence-corrected chi connectivity index (χ1v) is 8.35. The molecule has 0 aliphatic heterocycles. The van der Waals surface area contributed by atoms with E-state index in [1.54, 1.807) is 10.9 Å². The number of ether oxygens (including phenoxy) is 1. The zero-order valence-electron chi connectivity index (χ0n) is 13.8. The average molecular weight is 350 g/mol. The topological polar surface area (TPSA) is 55.2 Å². The van der Waals surface area contributed by atoms with Crippen LogP contribution in [-0.2, 0) is 0 Å². The van der Waals surface area contributed by atoms with Crippen molar-refractivity contribution in [3.8, 4) is 17.1 Å². The molecule has 5 nitrogen and oxygen atoms in total. The van der Waals surface area contributed by atoms with E-state index in [1.807, 2.05) is 73.7 Å². The molecule has 0 aliphatic carbocycles. The summed E-state index contributed by atoms with van der Waals surface area (Å²) in [6, 6.07) is 17.7. The Labute approximate surface area is 151 Å². The summed E-state index contributed by atoms with van der Waals surface area (Å²) in [5.74, 6) is 1.47. The molecule has 0 aliphatic rings. The Morgan fingerprint density at radius 1 is 1.16 bits per heavy atom. The van der Waals surface area contributed by atoms with Gasteiger partial charge in [0.1, 0.15) is 5.75 Å². The lowest BCUT2D eigenvalue weighted by molar-refractivity contribution is 0.340. The maximum Gasteiger partial charge on any atom is 0.216 e. The Balaban J connectivity index is 1.81. The summed E-state index contributed by atoms with van der Waals surface area (Å²) >= 11 is 5.27. The summed E-state index contributed by atoms with van der Waals surface area (Å²) in [7, 11) is 0. The summed E-state index contributed by atoms with van der Waals surface area (Å²) in [6.07, 6.45) is 5.53. The minimum atomic E-state index is 0.438. The Kier molecular flexibility index (Phi) is 5.53. The van der Waals surface area contributed by atoms with Gasteiger partial charge in [0.05, 0.1) is 6.61 Å². The average Bonchev–Trinajstić information content (AvgIpc) is 3.01. The maximum absolute atomic E-state index is 5.46. The molecule has 1 aromatic heterocycles. The lowest BCUT2D eigenvalue weighted by Crippen LogP contribution is -1.95. The number of aromatic amines is 1. The summed E-state index contributed by atoms with van der Waals surface area (Å²) < 4.78 is 7.50. The summed E-state index contributed by atoms with van der Waals surface area (Å²) in [4.78, 5) is 0. The number of H-pyrrole nitrogens is 1. The van der Waals surface area contributed by atoms with Gasteiger partial charge in [-0.05, 0) is 55.0 Å². The molecular weight excluding hydrogens is 332 g/mol. The van der Waals surface area contributed by atoms with E-state index in [2.05, 4.69) is 15.3 Å². The molecule has 0 unspecified atom stereocenters. The molecular formula is C19H18N4OS. The Morgan fingerprint density at radius 2 is 1.92 bits per heavy atom. The molecule has 6 heteroatoms. The Bertz CT molecular complexity index is 924. The second kappa shape index (κ2) is 8.21. The normalized spacial score (nSPS) is 11.4. The van der Waals surface area contributed by atoms with Crippen molar-refractivity contribution in [2.24, 2.45) is 5.10 Å². The van der Waals surface area contributed by atoms with Crippen molar-refractivity contribution in [1.82, 2.24) is 14.9 Å². The third-order valence-corrected chi connectivity index (χ3v) is 3.69. The van der Waals surface area contributed by atoms with Crippen LogP contribution in [-0.4, -0.2) is 27.7 Å². The minimum absolute atomic E-state index is 0.438. The van der Waals surface area contributed by atoms with Crippen LogP contribution in [0.5, 0.6) is 5.75 Å². The van der Waals surface area contributed by atoms with Crippen LogP contribution in [0.4, 0.5) is 0 Å². The summed E-state index contributed by atoms with van der Waals surface area (Å²) in [6.45, 7) is 2.59. The van der Waals surface area contributed by atoms with Crippen molar-refractivity contribution in [2.45, 2.75) is 6.92 Å². The summed E-state index contributed by atoms with van der Waals surface area (Å²) in [5.41, 5.74) is 2.01. The molecule has 126 valence electrons. The zero-order chi connectivity index (χ0) is 17.5. The van der Waals surface area contributed by atoms with Crippen molar-refractivity contribution in [3.63, 3.8) is 0 Å². The molecule has 0 atom stereocenters. The van der Waals surface area contributed by atoms with E-state index in [0.29, 0.717) is 17.2 Å². The third-order valence-electron chi connectivity index (χ3n) is 3.43. The molecule has 3 aromatic rings. The van der Waals surface area contributed by atoms with Crippen LogP contribution in [0.25, 0.3) is 17.5 Å². The quantitative estimate of drug-likeness (QED) is 0.524. The van der Waals surface area contributed by atoms with Crippen LogP contribution in [0.2, 0.25) is 0 Å². The fraction of sp³-hybridized carbons (Fsp3) is 0.105. The zero-order valence-corrected chi connectivity index (χ0v) is 14.6. The van der Waals surface area contributed by atoms with Crippen LogP contribution in [0.3, 0.4) is 0 Å². The Hall–Kier alpha value is -2.99. The maximum atomic E-state index is 5.46. The van der Waals surface area contributed by atoms with E-state index in [0.717, 1.165) is 16.9 Å². The molecule has 0 fully saturated rings. The van der Waals surface area contributed by atoms with E-state index in [9.17, 15) is 0 Å². The highest BCUT2D eigenvalue weighted by atomic mass is 32.1. The van der Waals surface area contributed by atoms with Gasteiger partial charge in [-0.25, -0.2) is 5.10 Å². The van der Waals surface area contributed by atoms with Gasteiger partial charge in [0.25, 0.3) is 0 Å². The molecule has 2 aromatic carbocycles. The van der Waals surface area contributed by atoms with Gasteiger partial charge in [0.2, 0.25) is 4.77 Å². The molecule has 1 N–H and O–H groups in total.